The van der Waals surface area contributed by atoms with Gasteiger partial charge in [-0.3, -0.25) is 9.78 Å². The van der Waals surface area contributed by atoms with Crippen molar-refractivity contribution in [2.45, 2.75) is 31.1 Å². The summed E-state index contributed by atoms with van der Waals surface area (Å²) in [7, 11) is 0. The third-order valence-corrected chi connectivity index (χ3v) is 4.91. The summed E-state index contributed by atoms with van der Waals surface area (Å²) in [5.74, 6) is 1.84. The number of aromatic nitrogens is 1. The van der Waals surface area contributed by atoms with Crippen LogP contribution in [-0.2, 0) is 17.0 Å². The zero-order valence-electron chi connectivity index (χ0n) is 12.5. The molecule has 1 amide bonds. The maximum Gasteiger partial charge on any atom is 0.221 e. The standard InChI is InChI=1S/C18H20N2OS/c21-18(10-12-22-13-15-6-3-4-11-19-15)20-17-9-8-14-5-1-2-7-16(14)17/h1-7,11,17H,8-10,12-13H2,(H,20,21)/t17-/m0/s1. The van der Waals surface area contributed by atoms with Gasteiger partial charge in [0.1, 0.15) is 0 Å². The van der Waals surface area contributed by atoms with Crippen molar-refractivity contribution >= 4 is 17.7 Å². The van der Waals surface area contributed by atoms with Crippen molar-refractivity contribution in [3.05, 3.63) is 65.5 Å². The van der Waals surface area contributed by atoms with Crippen molar-refractivity contribution in [3.8, 4) is 0 Å². The smallest absolute Gasteiger partial charge is 0.221 e. The Morgan fingerprint density at radius 2 is 2.09 bits per heavy atom. The van der Waals surface area contributed by atoms with E-state index in [1.807, 2.05) is 24.3 Å². The Kier molecular flexibility index (Phi) is 5.11. The summed E-state index contributed by atoms with van der Waals surface area (Å²) >= 11 is 1.75. The third-order valence-electron chi connectivity index (χ3n) is 3.92. The second kappa shape index (κ2) is 7.45. The van der Waals surface area contributed by atoms with Crippen molar-refractivity contribution in [3.63, 3.8) is 0 Å². The molecule has 1 heterocycles. The van der Waals surface area contributed by atoms with E-state index in [4.69, 9.17) is 0 Å². The number of rotatable bonds is 6. The van der Waals surface area contributed by atoms with E-state index in [0.29, 0.717) is 6.42 Å². The van der Waals surface area contributed by atoms with Crippen molar-refractivity contribution in [1.82, 2.24) is 10.3 Å². The average Bonchev–Trinajstić information content (AvgIpc) is 2.96. The summed E-state index contributed by atoms with van der Waals surface area (Å²) in [5, 5.41) is 3.17. The number of amides is 1. The molecular weight excluding hydrogens is 292 g/mol. The van der Waals surface area contributed by atoms with Gasteiger partial charge in [-0.25, -0.2) is 0 Å². The number of hydrogen-bond donors (Lipinski definition) is 1. The molecule has 0 spiro atoms. The number of fused-ring (bicyclic) bond motifs is 1. The lowest BCUT2D eigenvalue weighted by atomic mass is 10.1. The predicted molar refractivity (Wildman–Crippen MR) is 90.7 cm³/mol. The molecule has 4 heteroatoms. The van der Waals surface area contributed by atoms with Gasteiger partial charge < -0.3 is 5.32 Å². The van der Waals surface area contributed by atoms with Crippen LogP contribution in [0.4, 0.5) is 0 Å². The van der Waals surface area contributed by atoms with Gasteiger partial charge in [-0.15, -0.1) is 0 Å². The predicted octanol–water partition coefficient (Wildman–Crippen LogP) is 3.51. The van der Waals surface area contributed by atoms with Crippen LogP contribution in [0.25, 0.3) is 0 Å². The summed E-state index contributed by atoms with van der Waals surface area (Å²) in [5.41, 5.74) is 3.73. The Morgan fingerprint density at radius 1 is 1.23 bits per heavy atom. The highest BCUT2D eigenvalue weighted by molar-refractivity contribution is 7.98. The Morgan fingerprint density at radius 3 is 2.95 bits per heavy atom. The lowest BCUT2D eigenvalue weighted by Gasteiger charge is -2.14. The van der Waals surface area contributed by atoms with Crippen LogP contribution in [0.5, 0.6) is 0 Å². The molecule has 2 aromatic rings. The number of carbonyl (C=O) groups excluding carboxylic acids is 1. The highest BCUT2D eigenvalue weighted by Crippen LogP contribution is 2.30. The van der Waals surface area contributed by atoms with E-state index < -0.39 is 0 Å². The fourth-order valence-electron chi connectivity index (χ4n) is 2.80. The summed E-state index contributed by atoms with van der Waals surface area (Å²) < 4.78 is 0. The molecule has 1 aromatic heterocycles. The van der Waals surface area contributed by atoms with Gasteiger partial charge in [-0.2, -0.15) is 11.8 Å². The van der Waals surface area contributed by atoms with Crippen LogP contribution in [-0.4, -0.2) is 16.6 Å². The number of aryl methyl sites for hydroxylation is 1. The Bertz CT molecular complexity index is 630. The normalized spacial score (nSPS) is 16.3. The summed E-state index contributed by atoms with van der Waals surface area (Å²) in [4.78, 5) is 16.4. The van der Waals surface area contributed by atoms with Gasteiger partial charge in [-0.05, 0) is 36.1 Å². The van der Waals surface area contributed by atoms with E-state index in [9.17, 15) is 4.79 Å². The van der Waals surface area contributed by atoms with Gasteiger partial charge in [-0.1, -0.05) is 30.3 Å². The minimum Gasteiger partial charge on any atom is -0.349 e. The first kappa shape index (κ1) is 15.1. The number of thioether (sulfide) groups is 1. The Labute approximate surface area is 135 Å². The highest BCUT2D eigenvalue weighted by Gasteiger charge is 2.22. The lowest BCUT2D eigenvalue weighted by Crippen LogP contribution is -2.27. The van der Waals surface area contributed by atoms with Crippen LogP contribution in [0.15, 0.2) is 48.7 Å². The van der Waals surface area contributed by atoms with E-state index in [1.54, 1.807) is 18.0 Å². The number of benzene rings is 1. The highest BCUT2D eigenvalue weighted by atomic mass is 32.2. The summed E-state index contributed by atoms with van der Waals surface area (Å²) in [6.45, 7) is 0. The maximum absolute atomic E-state index is 12.1. The second-order valence-corrected chi connectivity index (χ2v) is 6.59. The largest absolute Gasteiger partial charge is 0.349 e. The molecule has 0 aliphatic heterocycles. The van der Waals surface area contributed by atoms with E-state index in [1.165, 1.54) is 11.1 Å². The number of carbonyl (C=O) groups is 1. The number of hydrogen-bond acceptors (Lipinski definition) is 3. The van der Waals surface area contributed by atoms with Gasteiger partial charge in [0.2, 0.25) is 5.91 Å². The molecular formula is C18H20N2OS. The average molecular weight is 312 g/mol. The van der Waals surface area contributed by atoms with Crippen LogP contribution in [0.2, 0.25) is 0 Å². The molecule has 1 atom stereocenters. The topological polar surface area (TPSA) is 42.0 Å². The Balaban J connectivity index is 1.40. The SMILES string of the molecule is O=C(CCSCc1ccccn1)N[C@H]1CCc2ccccc21. The lowest BCUT2D eigenvalue weighted by molar-refractivity contribution is -0.121. The summed E-state index contributed by atoms with van der Waals surface area (Å²) in [6, 6.07) is 14.5. The molecule has 0 radical (unpaired) electrons. The number of nitrogens with zero attached hydrogens (tertiary/aromatic N) is 1. The zero-order valence-corrected chi connectivity index (χ0v) is 13.3. The quantitative estimate of drug-likeness (QED) is 0.830. The van der Waals surface area contributed by atoms with E-state index in [2.05, 4.69) is 28.5 Å². The monoisotopic (exact) mass is 312 g/mol. The first-order valence-corrected chi connectivity index (χ1v) is 8.83. The van der Waals surface area contributed by atoms with Crippen LogP contribution >= 0.6 is 11.8 Å². The molecule has 1 aliphatic carbocycles. The van der Waals surface area contributed by atoms with Gasteiger partial charge in [0, 0.05) is 24.1 Å². The fourth-order valence-corrected chi connectivity index (χ4v) is 3.65. The Hall–Kier alpha value is -1.81. The molecule has 1 aromatic carbocycles. The fraction of sp³-hybridized carbons (Fsp3) is 0.333. The van der Waals surface area contributed by atoms with Crippen LogP contribution < -0.4 is 5.32 Å². The van der Waals surface area contributed by atoms with Gasteiger partial charge in [0.05, 0.1) is 11.7 Å². The van der Waals surface area contributed by atoms with E-state index in [-0.39, 0.29) is 11.9 Å². The molecule has 0 bridgehead atoms. The number of nitrogens with one attached hydrogen (secondary N) is 1. The van der Waals surface area contributed by atoms with Gasteiger partial charge in [0.25, 0.3) is 0 Å². The summed E-state index contributed by atoms with van der Waals surface area (Å²) in [6.07, 6.45) is 4.46. The molecule has 3 nitrogen and oxygen atoms in total. The van der Waals surface area contributed by atoms with Gasteiger partial charge >= 0.3 is 0 Å². The first-order valence-electron chi connectivity index (χ1n) is 7.68. The molecule has 0 saturated carbocycles. The van der Waals surface area contributed by atoms with Crippen molar-refractivity contribution < 1.29 is 4.79 Å². The molecule has 114 valence electrons. The molecule has 0 fully saturated rings. The van der Waals surface area contributed by atoms with Crippen LogP contribution in [0.1, 0.15) is 35.7 Å². The first-order chi connectivity index (χ1) is 10.8. The molecule has 1 N–H and O–H groups in total. The van der Waals surface area contributed by atoms with Crippen molar-refractivity contribution in [2.75, 3.05) is 5.75 Å². The number of pyridine rings is 1. The maximum atomic E-state index is 12.1. The van der Waals surface area contributed by atoms with Crippen LogP contribution in [0, 0.1) is 0 Å². The van der Waals surface area contributed by atoms with Crippen molar-refractivity contribution in [1.29, 1.82) is 0 Å². The minimum atomic E-state index is 0.148. The molecule has 0 unspecified atom stereocenters. The minimum absolute atomic E-state index is 0.148. The zero-order chi connectivity index (χ0) is 15.2. The second-order valence-electron chi connectivity index (χ2n) is 5.48. The molecule has 0 saturated heterocycles. The van der Waals surface area contributed by atoms with E-state index in [0.717, 1.165) is 30.0 Å². The third kappa shape index (κ3) is 3.89. The molecule has 1 aliphatic rings. The molecule has 22 heavy (non-hydrogen) atoms. The van der Waals surface area contributed by atoms with E-state index >= 15 is 0 Å². The molecule has 3 rings (SSSR count). The van der Waals surface area contributed by atoms with Crippen LogP contribution in [0.3, 0.4) is 0 Å². The van der Waals surface area contributed by atoms with Crippen molar-refractivity contribution in [2.24, 2.45) is 0 Å². The van der Waals surface area contributed by atoms with Gasteiger partial charge in [0.15, 0.2) is 0 Å².